The maximum atomic E-state index is 13.1. The van der Waals surface area contributed by atoms with Gasteiger partial charge in [-0.25, -0.2) is 8.42 Å². The first-order valence-electron chi connectivity index (χ1n) is 6.81. The number of hydrogen-bond donors (Lipinski definition) is 0. The molecule has 0 saturated heterocycles. The molecule has 0 saturated carbocycles. The summed E-state index contributed by atoms with van der Waals surface area (Å²) in [7, 11) is -1.93. The fraction of sp³-hybridized carbons (Fsp3) is 0.467. The van der Waals surface area contributed by atoms with E-state index in [2.05, 4.69) is 0 Å². The number of alkyl halides is 1. The Hall–Kier alpha value is -0.620. The summed E-state index contributed by atoms with van der Waals surface area (Å²) in [4.78, 5) is 1.07. The van der Waals surface area contributed by atoms with Crippen LogP contribution in [0.4, 0.5) is 0 Å². The largest absolute Gasteiger partial charge is 0.245 e. The van der Waals surface area contributed by atoms with Crippen molar-refractivity contribution >= 4 is 43.0 Å². The second kappa shape index (κ2) is 5.88. The minimum Gasteiger partial charge on any atom is -0.207 e. The van der Waals surface area contributed by atoms with Gasteiger partial charge in [0, 0.05) is 27.5 Å². The zero-order chi connectivity index (χ0) is 15.8. The Kier molecular flexibility index (Phi) is 4.69. The van der Waals surface area contributed by atoms with Gasteiger partial charge in [-0.05, 0) is 26.3 Å². The third-order valence-corrected chi connectivity index (χ3v) is 8.00. The molecule has 1 heterocycles. The van der Waals surface area contributed by atoms with Gasteiger partial charge < -0.3 is 0 Å². The molecule has 1 aromatic heterocycles. The van der Waals surface area contributed by atoms with E-state index < -0.39 is 15.6 Å². The molecule has 116 valence electrons. The van der Waals surface area contributed by atoms with Gasteiger partial charge in [0.1, 0.15) is 4.90 Å². The first-order valence-corrected chi connectivity index (χ1v) is 9.60. The zero-order valence-electron chi connectivity index (χ0n) is 12.7. The number of nitrogens with zero attached hydrogens (tertiary/aromatic N) is 1. The number of benzene rings is 1. The maximum absolute atomic E-state index is 13.1. The van der Waals surface area contributed by atoms with Crippen molar-refractivity contribution in [2.24, 2.45) is 0 Å². The molecule has 0 N–H and O–H groups in total. The molecule has 6 heteroatoms. The standard InChI is InChI=1S/C15H20ClNO2S2/c1-5-15(2,3)17(4)21(18,19)14-11-8-6-7-9-12(11)20-13(14)10-16/h6-9H,5,10H2,1-4H3. The fourth-order valence-electron chi connectivity index (χ4n) is 2.13. The van der Waals surface area contributed by atoms with Crippen molar-refractivity contribution in [3.05, 3.63) is 29.1 Å². The lowest BCUT2D eigenvalue weighted by Crippen LogP contribution is -2.44. The van der Waals surface area contributed by atoms with Gasteiger partial charge in [-0.2, -0.15) is 4.31 Å². The molecule has 0 atom stereocenters. The van der Waals surface area contributed by atoms with Gasteiger partial charge in [0.05, 0.1) is 5.88 Å². The van der Waals surface area contributed by atoms with Gasteiger partial charge in [-0.3, -0.25) is 0 Å². The van der Waals surface area contributed by atoms with Gasteiger partial charge in [0.25, 0.3) is 0 Å². The van der Waals surface area contributed by atoms with Gasteiger partial charge >= 0.3 is 0 Å². The third kappa shape index (κ3) is 2.84. The van der Waals surface area contributed by atoms with E-state index in [1.807, 2.05) is 45.0 Å². The van der Waals surface area contributed by atoms with Crippen LogP contribution in [-0.4, -0.2) is 25.3 Å². The number of thiophene rings is 1. The lowest BCUT2D eigenvalue weighted by atomic mass is 10.0. The summed E-state index contributed by atoms with van der Waals surface area (Å²) in [5, 5.41) is 0.761. The van der Waals surface area contributed by atoms with Crippen LogP contribution < -0.4 is 0 Å². The van der Waals surface area contributed by atoms with E-state index in [1.54, 1.807) is 7.05 Å². The van der Waals surface area contributed by atoms with E-state index >= 15 is 0 Å². The Morgan fingerprint density at radius 1 is 1.29 bits per heavy atom. The van der Waals surface area contributed by atoms with Crippen LogP contribution in [0.1, 0.15) is 32.1 Å². The van der Waals surface area contributed by atoms with E-state index in [1.165, 1.54) is 15.6 Å². The van der Waals surface area contributed by atoms with Crippen molar-refractivity contribution < 1.29 is 8.42 Å². The molecule has 0 aliphatic rings. The summed E-state index contributed by atoms with van der Waals surface area (Å²) in [6.45, 7) is 5.85. The molecule has 0 spiro atoms. The molecule has 0 fully saturated rings. The smallest absolute Gasteiger partial charge is 0.207 e. The highest BCUT2D eigenvalue weighted by Gasteiger charge is 2.35. The number of rotatable bonds is 5. The van der Waals surface area contributed by atoms with Crippen molar-refractivity contribution in [1.29, 1.82) is 0 Å². The van der Waals surface area contributed by atoms with Gasteiger partial charge in [-0.1, -0.05) is 25.1 Å². The maximum Gasteiger partial charge on any atom is 0.245 e. The molecule has 0 unspecified atom stereocenters. The molecule has 0 amide bonds. The SMILES string of the molecule is CCC(C)(C)N(C)S(=O)(=O)c1c(CCl)sc2ccccc12. The summed E-state index contributed by atoms with van der Waals surface area (Å²) < 4.78 is 28.5. The molecule has 2 aromatic rings. The lowest BCUT2D eigenvalue weighted by Gasteiger charge is -2.33. The van der Waals surface area contributed by atoms with Crippen molar-refractivity contribution in [1.82, 2.24) is 4.31 Å². The minimum absolute atomic E-state index is 0.203. The van der Waals surface area contributed by atoms with Crippen molar-refractivity contribution in [3.63, 3.8) is 0 Å². The van der Waals surface area contributed by atoms with Crippen LogP contribution in [0.3, 0.4) is 0 Å². The van der Waals surface area contributed by atoms with Gasteiger partial charge in [0.2, 0.25) is 10.0 Å². The van der Waals surface area contributed by atoms with Crippen molar-refractivity contribution in [2.45, 2.75) is 43.5 Å². The summed E-state index contributed by atoms with van der Waals surface area (Å²) >= 11 is 7.44. The van der Waals surface area contributed by atoms with Crippen molar-refractivity contribution in [2.75, 3.05) is 7.05 Å². The van der Waals surface area contributed by atoms with E-state index in [4.69, 9.17) is 11.6 Å². The molecule has 0 aliphatic heterocycles. The highest BCUT2D eigenvalue weighted by Crippen LogP contribution is 2.38. The molecule has 2 rings (SSSR count). The molecule has 1 aromatic carbocycles. The zero-order valence-corrected chi connectivity index (χ0v) is 15.1. The monoisotopic (exact) mass is 345 g/mol. The predicted molar refractivity (Wildman–Crippen MR) is 90.7 cm³/mol. The Morgan fingerprint density at radius 2 is 1.90 bits per heavy atom. The van der Waals surface area contributed by atoms with E-state index in [-0.39, 0.29) is 5.88 Å². The second-order valence-corrected chi connectivity index (χ2v) is 8.93. The highest BCUT2D eigenvalue weighted by molar-refractivity contribution is 7.89. The van der Waals surface area contributed by atoms with E-state index in [0.717, 1.165) is 16.5 Å². The molecule has 0 radical (unpaired) electrons. The van der Waals surface area contributed by atoms with E-state index in [0.29, 0.717) is 9.77 Å². The Labute approximate surface area is 135 Å². The van der Waals surface area contributed by atoms with Crippen LogP contribution in [0.5, 0.6) is 0 Å². The van der Waals surface area contributed by atoms with Gasteiger partial charge in [0.15, 0.2) is 0 Å². The number of halogens is 1. The van der Waals surface area contributed by atoms with E-state index in [9.17, 15) is 8.42 Å². The number of fused-ring (bicyclic) bond motifs is 1. The number of hydrogen-bond acceptors (Lipinski definition) is 3. The molecular formula is C15H20ClNO2S2. The molecule has 0 aliphatic carbocycles. The first-order chi connectivity index (χ1) is 9.75. The number of sulfonamides is 1. The summed E-state index contributed by atoms with van der Waals surface area (Å²) in [6, 6.07) is 7.55. The van der Waals surface area contributed by atoms with Crippen LogP contribution in [0.25, 0.3) is 10.1 Å². The molecule has 0 bridgehead atoms. The highest BCUT2D eigenvalue weighted by atomic mass is 35.5. The normalized spacial score (nSPS) is 13.2. The Morgan fingerprint density at radius 3 is 2.48 bits per heavy atom. The Bertz CT molecular complexity index is 750. The summed E-state index contributed by atoms with van der Waals surface area (Å²) in [5.74, 6) is 0.203. The van der Waals surface area contributed by atoms with Gasteiger partial charge in [-0.15, -0.1) is 22.9 Å². The lowest BCUT2D eigenvalue weighted by molar-refractivity contribution is 0.257. The summed E-state index contributed by atoms with van der Waals surface area (Å²) in [5.41, 5.74) is -0.439. The average Bonchev–Trinajstić information content (AvgIpc) is 2.85. The summed E-state index contributed by atoms with van der Waals surface area (Å²) in [6.07, 6.45) is 0.737. The van der Waals surface area contributed by atoms with Crippen LogP contribution in [0, 0.1) is 0 Å². The fourth-order valence-corrected chi connectivity index (χ4v) is 5.83. The van der Waals surface area contributed by atoms with Crippen LogP contribution >= 0.6 is 22.9 Å². The third-order valence-electron chi connectivity index (χ3n) is 4.08. The average molecular weight is 346 g/mol. The quantitative estimate of drug-likeness (QED) is 0.751. The topological polar surface area (TPSA) is 37.4 Å². The minimum atomic E-state index is -3.58. The molecule has 21 heavy (non-hydrogen) atoms. The molecule has 3 nitrogen and oxygen atoms in total. The van der Waals surface area contributed by atoms with Crippen LogP contribution in [0.15, 0.2) is 29.2 Å². The molecular weight excluding hydrogens is 326 g/mol. The van der Waals surface area contributed by atoms with Crippen LogP contribution in [0.2, 0.25) is 0 Å². The van der Waals surface area contributed by atoms with Crippen molar-refractivity contribution in [3.8, 4) is 0 Å². The second-order valence-electron chi connectivity index (χ2n) is 5.62. The Balaban J connectivity index is 2.70. The predicted octanol–water partition coefficient (Wildman–Crippen LogP) is 4.45. The first kappa shape index (κ1) is 16.7. The van der Waals surface area contributed by atoms with Crippen LogP contribution in [-0.2, 0) is 15.9 Å².